The maximum Gasteiger partial charge on any atom is 0.319 e. The quantitative estimate of drug-likeness (QED) is 0.721. The van der Waals surface area contributed by atoms with E-state index in [0.717, 1.165) is 6.42 Å². The zero-order valence-corrected chi connectivity index (χ0v) is 12.0. The molecule has 2 amide bonds. The van der Waals surface area contributed by atoms with E-state index in [1.807, 2.05) is 6.92 Å². The Morgan fingerprint density at radius 3 is 2.71 bits per heavy atom. The molecule has 0 radical (unpaired) electrons. The number of rotatable bonds is 7. The Morgan fingerprint density at radius 2 is 2.14 bits per heavy atom. The summed E-state index contributed by atoms with van der Waals surface area (Å²) >= 11 is 0. The van der Waals surface area contributed by atoms with E-state index in [2.05, 4.69) is 10.6 Å². The highest BCUT2D eigenvalue weighted by Gasteiger charge is 2.17. The first-order valence-electron chi connectivity index (χ1n) is 6.59. The lowest BCUT2D eigenvalue weighted by Crippen LogP contribution is -2.35. The molecule has 0 aliphatic heterocycles. The van der Waals surface area contributed by atoms with Crippen LogP contribution in [0.4, 0.5) is 14.9 Å². The Hall–Kier alpha value is -2.31. The maximum absolute atomic E-state index is 13.2. The highest BCUT2D eigenvalue weighted by Crippen LogP contribution is 2.21. The second-order valence-corrected chi connectivity index (χ2v) is 4.51. The van der Waals surface area contributed by atoms with Crippen LogP contribution in [-0.4, -0.2) is 30.8 Å². The van der Waals surface area contributed by atoms with Crippen LogP contribution in [0.5, 0.6) is 5.75 Å². The fourth-order valence-corrected chi connectivity index (χ4v) is 1.79. The first-order chi connectivity index (χ1) is 9.97. The first kappa shape index (κ1) is 16.7. The summed E-state index contributed by atoms with van der Waals surface area (Å²) in [6, 6.07) is 3.35. The fourth-order valence-electron chi connectivity index (χ4n) is 1.79. The van der Waals surface area contributed by atoms with Gasteiger partial charge in [-0.1, -0.05) is 13.3 Å². The lowest BCUT2D eigenvalue weighted by molar-refractivity contribution is -0.141. The van der Waals surface area contributed by atoms with Crippen molar-refractivity contribution in [2.24, 2.45) is 5.92 Å². The van der Waals surface area contributed by atoms with Crippen LogP contribution in [0.1, 0.15) is 19.8 Å². The van der Waals surface area contributed by atoms with Gasteiger partial charge in [0.25, 0.3) is 0 Å². The summed E-state index contributed by atoms with van der Waals surface area (Å²) < 4.78 is 18.0. The van der Waals surface area contributed by atoms with E-state index in [0.29, 0.717) is 12.1 Å². The third-order valence-corrected chi connectivity index (χ3v) is 2.90. The number of ether oxygens (including phenoxy) is 1. The summed E-state index contributed by atoms with van der Waals surface area (Å²) in [5.74, 6) is -2.08. The second-order valence-electron chi connectivity index (χ2n) is 4.51. The smallest absolute Gasteiger partial charge is 0.319 e. The highest BCUT2D eigenvalue weighted by atomic mass is 19.1. The molecule has 0 aromatic heterocycles. The number of nitrogens with one attached hydrogen (secondary N) is 2. The fraction of sp³-hybridized carbons (Fsp3) is 0.429. The molecule has 0 saturated heterocycles. The largest absolute Gasteiger partial charge is 0.494 e. The first-order valence-corrected chi connectivity index (χ1v) is 6.59. The molecule has 0 saturated carbocycles. The van der Waals surface area contributed by atoms with Crippen molar-refractivity contribution < 1.29 is 23.8 Å². The topological polar surface area (TPSA) is 87.7 Å². The average Bonchev–Trinajstić information content (AvgIpc) is 2.45. The SMILES string of the molecule is CCCC(CNC(=O)Nc1ccc(F)c(OC)c1)C(=O)O. The maximum atomic E-state index is 13.2. The van der Waals surface area contributed by atoms with Crippen LogP contribution in [0.15, 0.2) is 18.2 Å². The van der Waals surface area contributed by atoms with Crippen LogP contribution in [0.3, 0.4) is 0 Å². The van der Waals surface area contributed by atoms with Gasteiger partial charge >= 0.3 is 12.0 Å². The number of aliphatic carboxylic acids is 1. The van der Waals surface area contributed by atoms with Crippen molar-refractivity contribution in [3.05, 3.63) is 24.0 Å². The van der Waals surface area contributed by atoms with Gasteiger partial charge in [-0.05, 0) is 18.6 Å². The number of methoxy groups -OCH3 is 1. The van der Waals surface area contributed by atoms with E-state index in [1.54, 1.807) is 0 Å². The van der Waals surface area contributed by atoms with Gasteiger partial charge in [0.1, 0.15) is 0 Å². The molecule has 1 atom stereocenters. The monoisotopic (exact) mass is 298 g/mol. The number of benzene rings is 1. The van der Waals surface area contributed by atoms with Gasteiger partial charge in [0.05, 0.1) is 13.0 Å². The summed E-state index contributed by atoms with van der Waals surface area (Å²) in [7, 11) is 1.32. The van der Waals surface area contributed by atoms with E-state index in [4.69, 9.17) is 9.84 Å². The molecule has 0 aliphatic carbocycles. The number of halogens is 1. The van der Waals surface area contributed by atoms with Gasteiger partial charge in [0.2, 0.25) is 0 Å². The lowest BCUT2D eigenvalue weighted by Gasteiger charge is -2.13. The third-order valence-electron chi connectivity index (χ3n) is 2.90. The molecule has 3 N–H and O–H groups in total. The Morgan fingerprint density at radius 1 is 1.43 bits per heavy atom. The molecule has 0 fully saturated rings. The molecule has 0 bridgehead atoms. The van der Waals surface area contributed by atoms with Crippen molar-refractivity contribution in [1.29, 1.82) is 0 Å². The Bertz CT molecular complexity index is 508. The molecule has 1 rings (SSSR count). The average molecular weight is 298 g/mol. The summed E-state index contributed by atoms with van der Waals surface area (Å²) in [6.07, 6.45) is 1.20. The van der Waals surface area contributed by atoms with Crippen molar-refractivity contribution in [3.63, 3.8) is 0 Å². The predicted molar refractivity (Wildman–Crippen MR) is 76.0 cm³/mol. The number of carbonyl (C=O) groups excluding carboxylic acids is 1. The van der Waals surface area contributed by atoms with Crippen molar-refractivity contribution in [2.75, 3.05) is 19.0 Å². The molecule has 116 valence electrons. The molecular formula is C14H19FN2O4. The van der Waals surface area contributed by atoms with Crippen molar-refractivity contribution in [1.82, 2.24) is 5.32 Å². The van der Waals surface area contributed by atoms with Crippen molar-refractivity contribution in [2.45, 2.75) is 19.8 Å². The Kier molecular flexibility index (Phi) is 6.45. The number of hydrogen-bond donors (Lipinski definition) is 3. The highest BCUT2D eigenvalue weighted by molar-refractivity contribution is 5.89. The number of carboxylic acids is 1. The lowest BCUT2D eigenvalue weighted by atomic mass is 10.0. The van der Waals surface area contributed by atoms with Crippen LogP contribution in [0.25, 0.3) is 0 Å². The van der Waals surface area contributed by atoms with Crippen LogP contribution < -0.4 is 15.4 Å². The molecule has 1 aromatic rings. The van der Waals surface area contributed by atoms with Crippen LogP contribution in [-0.2, 0) is 4.79 Å². The minimum atomic E-state index is -0.944. The van der Waals surface area contributed by atoms with Crippen molar-refractivity contribution >= 4 is 17.7 Å². The molecule has 1 aromatic carbocycles. The third kappa shape index (κ3) is 5.29. The van der Waals surface area contributed by atoms with Gasteiger partial charge in [-0.3, -0.25) is 4.79 Å². The second kappa shape index (κ2) is 8.08. The number of carboxylic acid groups (broad SMARTS) is 1. The van der Waals surface area contributed by atoms with E-state index in [1.165, 1.54) is 25.3 Å². The molecule has 21 heavy (non-hydrogen) atoms. The normalized spacial score (nSPS) is 11.6. The summed E-state index contributed by atoms with van der Waals surface area (Å²) in [4.78, 5) is 22.6. The van der Waals surface area contributed by atoms with Crippen LogP contribution >= 0.6 is 0 Å². The molecular weight excluding hydrogens is 279 g/mol. The van der Waals surface area contributed by atoms with Gasteiger partial charge < -0.3 is 20.5 Å². The number of amides is 2. The molecule has 0 aliphatic rings. The Labute approximate surface area is 122 Å². The molecule has 7 heteroatoms. The number of anilines is 1. The van der Waals surface area contributed by atoms with E-state index in [9.17, 15) is 14.0 Å². The zero-order valence-electron chi connectivity index (χ0n) is 12.0. The minimum Gasteiger partial charge on any atom is -0.494 e. The number of hydrogen-bond acceptors (Lipinski definition) is 3. The van der Waals surface area contributed by atoms with Crippen molar-refractivity contribution in [3.8, 4) is 5.75 Å². The molecule has 0 spiro atoms. The molecule has 0 heterocycles. The zero-order chi connectivity index (χ0) is 15.8. The molecule has 6 nitrogen and oxygen atoms in total. The van der Waals surface area contributed by atoms with Gasteiger partial charge in [-0.2, -0.15) is 0 Å². The van der Waals surface area contributed by atoms with E-state index >= 15 is 0 Å². The summed E-state index contributed by atoms with van der Waals surface area (Å²) in [5.41, 5.74) is 0.355. The van der Waals surface area contributed by atoms with Gasteiger partial charge in [-0.15, -0.1) is 0 Å². The number of carbonyl (C=O) groups is 2. The summed E-state index contributed by atoms with van der Waals surface area (Å²) in [6.45, 7) is 1.91. The van der Waals surface area contributed by atoms with Crippen LogP contribution in [0, 0.1) is 11.7 Å². The standard InChI is InChI=1S/C14H19FN2O4/c1-3-4-9(13(18)19)8-16-14(20)17-10-5-6-11(15)12(7-10)21-2/h5-7,9H,3-4,8H2,1-2H3,(H,18,19)(H2,16,17,20). The predicted octanol–water partition coefficient (Wildman–Crippen LogP) is 2.46. The number of urea groups is 1. The minimum absolute atomic E-state index is 0.0159. The van der Waals surface area contributed by atoms with Gasteiger partial charge in [0.15, 0.2) is 11.6 Å². The van der Waals surface area contributed by atoms with Gasteiger partial charge in [0, 0.05) is 18.3 Å². The van der Waals surface area contributed by atoms with E-state index < -0.39 is 23.7 Å². The van der Waals surface area contributed by atoms with Crippen LogP contribution in [0.2, 0.25) is 0 Å². The molecule has 1 unspecified atom stereocenters. The summed E-state index contributed by atoms with van der Waals surface area (Å²) in [5, 5.41) is 14.0. The van der Waals surface area contributed by atoms with Gasteiger partial charge in [-0.25, -0.2) is 9.18 Å². The van der Waals surface area contributed by atoms with E-state index in [-0.39, 0.29) is 12.3 Å². The Balaban J connectivity index is 2.55.